The van der Waals surface area contributed by atoms with E-state index in [1.165, 1.54) is 11.3 Å². The molecule has 6 nitrogen and oxygen atoms in total. The maximum atomic E-state index is 12.6. The molecule has 31 heavy (non-hydrogen) atoms. The van der Waals surface area contributed by atoms with E-state index in [1.807, 2.05) is 19.1 Å². The van der Waals surface area contributed by atoms with E-state index in [1.54, 1.807) is 23.2 Å². The Morgan fingerprint density at radius 1 is 1.03 bits per heavy atom. The van der Waals surface area contributed by atoms with Crippen molar-refractivity contribution in [2.45, 2.75) is 13.5 Å². The summed E-state index contributed by atoms with van der Waals surface area (Å²) in [5, 5.41) is 2.94. The van der Waals surface area contributed by atoms with Crippen LogP contribution in [0.4, 0.5) is 11.4 Å². The first-order chi connectivity index (χ1) is 15.2. The van der Waals surface area contributed by atoms with Crippen molar-refractivity contribution in [2.75, 3.05) is 43.0 Å². The fourth-order valence-electron chi connectivity index (χ4n) is 3.91. The zero-order valence-electron chi connectivity index (χ0n) is 17.9. The van der Waals surface area contributed by atoms with Gasteiger partial charge in [0.05, 0.1) is 32.8 Å². The second-order valence-electron chi connectivity index (χ2n) is 7.69. The maximum Gasteiger partial charge on any atom is 0.261 e. The van der Waals surface area contributed by atoms with E-state index in [9.17, 15) is 4.79 Å². The number of pyridine rings is 1. The van der Waals surface area contributed by atoms with Crippen molar-refractivity contribution in [1.29, 1.82) is 0 Å². The SMILES string of the molecule is CCOc1ncccc1C(=O)Nc1ccc(N2CC[NH+](Cc3ccccc3)CC2)cc1. The molecule has 1 amide bonds. The van der Waals surface area contributed by atoms with Gasteiger partial charge in [0.1, 0.15) is 12.1 Å². The summed E-state index contributed by atoms with van der Waals surface area (Å²) in [6.07, 6.45) is 1.62. The van der Waals surface area contributed by atoms with E-state index >= 15 is 0 Å². The number of quaternary nitrogens is 1. The molecule has 2 heterocycles. The molecule has 0 unspecified atom stereocenters. The van der Waals surface area contributed by atoms with Gasteiger partial charge >= 0.3 is 0 Å². The van der Waals surface area contributed by atoms with E-state index < -0.39 is 0 Å². The average Bonchev–Trinajstić information content (AvgIpc) is 2.81. The van der Waals surface area contributed by atoms with E-state index in [4.69, 9.17) is 4.74 Å². The number of aromatic nitrogens is 1. The van der Waals surface area contributed by atoms with Gasteiger partial charge in [-0.1, -0.05) is 30.3 Å². The maximum absolute atomic E-state index is 12.6. The van der Waals surface area contributed by atoms with Crippen molar-refractivity contribution < 1.29 is 14.4 Å². The summed E-state index contributed by atoms with van der Waals surface area (Å²) in [7, 11) is 0. The molecule has 1 aromatic heterocycles. The highest BCUT2D eigenvalue weighted by atomic mass is 16.5. The van der Waals surface area contributed by atoms with Crippen molar-refractivity contribution in [3.05, 3.63) is 84.1 Å². The standard InChI is InChI=1S/C25H28N4O2/c1-2-31-25-23(9-6-14-26-25)24(30)27-21-10-12-22(13-11-21)29-17-15-28(16-18-29)19-20-7-4-3-5-8-20/h3-14H,2,15-19H2,1H3,(H,27,30)/p+1. The normalized spacial score (nSPS) is 14.3. The Labute approximate surface area is 183 Å². The van der Waals surface area contributed by atoms with Gasteiger partial charge in [0.15, 0.2) is 0 Å². The number of nitrogens with one attached hydrogen (secondary N) is 2. The molecule has 1 aliphatic rings. The number of carbonyl (C=O) groups is 1. The van der Waals surface area contributed by atoms with Crippen molar-refractivity contribution in [2.24, 2.45) is 0 Å². The zero-order valence-corrected chi connectivity index (χ0v) is 17.9. The molecule has 3 aromatic rings. The first kappa shape index (κ1) is 20.9. The molecular weight excluding hydrogens is 388 g/mol. The summed E-state index contributed by atoms with van der Waals surface area (Å²) in [5.41, 5.74) is 3.78. The second kappa shape index (κ2) is 10.1. The van der Waals surface area contributed by atoms with Crippen LogP contribution in [0.15, 0.2) is 72.9 Å². The number of ether oxygens (including phenoxy) is 1. The first-order valence-electron chi connectivity index (χ1n) is 10.8. The van der Waals surface area contributed by atoms with Crippen molar-refractivity contribution in [3.8, 4) is 5.88 Å². The molecule has 1 fully saturated rings. The van der Waals surface area contributed by atoms with Crippen molar-refractivity contribution in [3.63, 3.8) is 0 Å². The van der Waals surface area contributed by atoms with Gasteiger partial charge < -0.3 is 19.9 Å². The predicted molar refractivity (Wildman–Crippen MR) is 123 cm³/mol. The Morgan fingerprint density at radius 2 is 1.77 bits per heavy atom. The fourth-order valence-corrected chi connectivity index (χ4v) is 3.91. The molecular formula is C25H29N4O2+. The molecule has 0 atom stereocenters. The lowest BCUT2D eigenvalue weighted by Gasteiger charge is -2.33. The van der Waals surface area contributed by atoms with Gasteiger partial charge in [0.25, 0.3) is 5.91 Å². The van der Waals surface area contributed by atoms with Gasteiger partial charge in [-0.2, -0.15) is 0 Å². The number of benzene rings is 2. The van der Waals surface area contributed by atoms with Gasteiger partial charge in [0.2, 0.25) is 5.88 Å². The molecule has 6 heteroatoms. The number of hydrogen-bond acceptors (Lipinski definition) is 4. The van der Waals surface area contributed by atoms with E-state index in [-0.39, 0.29) is 5.91 Å². The number of rotatable bonds is 7. The van der Waals surface area contributed by atoms with Crippen LogP contribution in [0.2, 0.25) is 0 Å². The highest BCUT2D eigenvalue weighted by Crippen LogP contribution is 2.20. The number of carbonyl (C=O) groups excluding carboxylic acids is 1. The van der Waals surface area contributed by atoms with Crippen LogP contribution in [0.25, 0.3) is 0 Å². The van der Waals surface area contributed by atoms with Crippen LogP contribution in [-0.2, 0) is 6.54 Å². The summed E-state index contributed by atoms with van der Waals surface area (Å²) in [5.74, 6) is 0.137. The first-order valence-corrected chi connectivity index (χ1v) is 10.8. The Bertz CT molecular complexity index is 984. The van der Waals surface area contributed by atoms with Gasteiger partial charge in [-0.3, -0.25) is 4.79 Å². The third-order valence-corrected chi connectivity index (χ3v) is 5.55. The topological polar surface area (TPSA) is 58.9 Å². The lowest BCUT2D eigenvalue weighted by molar-refractivity contribution is -0.914. The number of amides is 1. The molecule has 2 aromatic carbocycles. The van der Waals surface area contributed by atoms with Gasteiger partial charge in [-0.25, -0.2) is 4.98 Å². The minimum Gasteiger partial charge on any atom is -0.477 e. The monoisotopic (exact) mass is 417 g/mol. The summed E-state index contributed by atoms with van der Waals surface area (Å²) in [4.78, 5) is 20.8. The fraction of sp³-hybridized carbons (Fsp3) is 0.280. The smallest absolute Gasteiger partial charge is 0.261 e. The molecule has 4 rings (SSSR count). The molecule has 160 valence electrons. The largest absolute Gasteiger partial charge is 0.477 e. The van der Waals surface area contributed by atoms with Crippen LogP contribution in [0.3, 0.4) is 0 Å². The molecule has 0 bridgehead atoms. The molecule has 0 aliphatic carbocycles. The minimum atomic E-state index is -0.220. The van der Waals surface area contributed by atoms with E-state index in [0.717, 1.165) is 38.4 Å². The van der Waals surface area contributed by atoms with Crippen LogP contribution in [0.5, 0.6) is 5.88 Å². The molecule has 0 spiro atoms. The zero-order chi connectivity index (χ0) is 21.5. The van der Waals surface area contributed by atoms with Crippen LogP contribution >= 0.6 is 0 Å². The van der Waals surface area contributed by atoms with Crippen molar-refractivity contribution in [1.82, 2.24) is 4.98 Å². The van der Waals surface area contributed by atoms with Crippen LogP contribution in [0, 0.1) is 0 Å². The summed E-state index contributed by atoms with van der Waals surface area (Å²) in [6.45, 7) is 7.72. The lowest BCUT2D eigenvalue weighted by Crippen LogP contribution is -3.13. The third-order valence-electron chi connectivity index (χ3n) is 5.55. The predicted octanol–water partition coefficient (Wildman–Crippen LogP) is 2.64. The minimum absolute atomic E-state index is 0.220. The van der Waals surface area contributed by atoms with Crippen LogP contribution in [0.1, 0.15) is 22.8 Å². The molecule has 1 aliphatic heterocycles. The van der Waals surface area contributed by atoms with E-state index in [0.29, 0.717) is 18.1 Å². The average molecular weight is 418 g/mol. The summed E-state index contributed by atoms with van der Waals surface area (Å²) < 4.78 is 5.46. The molecule has 2 N–H and O–H groups in total. The number of piperazine rings is 1. The van der Waals surface area contributed by atoms with E-state index in [2.05, 4.69) is 57.7 Å². The summed E-state index contributed by atoms with van der Waals surface area (Å²) in [6, 6.07) is 22.2. The molecule has 0 saturated carbocycles. The number of hydrogen-bond donors (Lipinski definition) is 2. The van der Waals surface area contributed by atoms with Gasteiger partial charge in [-0.15, -0.1) is 0 Å². The van der Waals surface area contributed by atoms with Crippen LogP contribution < -0.4 is 19.9 Å². The Hall–Kier alpha value is -3.38. The quantitative estimate of drug-likeness (QED) is 0.621. The van der Waals surface area contributed by atoms with Crippen LogP contribution in [-0.4, -0.2) is 43.7 Å². The van der Waals surface area contributed by atoms with Crippen molar-refractivity contribution >= 4 is 17.3 Å². The molecule has 1 saturated heterocycles. The number of nitrogens with zero attached hydrogens (tertiary/aromatic N) is 2. The van der Waals surface area contributed by atoms with Gasteiger partial charge in [0, 0.05) is 23.1 Å². The number of anilines is 2. The third kappa shape index (κ3) is 5.41. The highest BCUT2D eigenvalue weighted by molar-refractivity contribution is 6.05. The van der Waals surface area contributed by atoms with Gasteiger partial charge in [-0.05, 0) is 43.3 Å². The molecule has 0 radical (unpaired) electrons. The lowest BCUT2D eigenvalue weighted by atomic mass is 10.2. The summed E-state index contributed by atoms with van der Waals surface area (Å²) >= 11 is 0. The second-order valence-corrected chi connectivity index (χ2v) is 7.69. The highest BCUT2D eigenvalue weighted by Gasteiger charge is 2.20. The Balaban J connectivity index is 1.32. The Morgan fingerprint density at radius 3 is 2.48 bits per heavy atom. The Kier molecular flexibility index (Phi) is 6.79.